The molecule has 1 saturated heterocycles. The number of nitrogens with zero attached hydrogens (tertiary/aromatic N) is 2. The molecular formula is C20H23N3OS2. The first-order valence-electron chi connectivity index (χ1n) is 8.05. The molecule has 2 aromatic rings. The number of nitrogens with one attached hydrogen (secondary N) is 1. The van der Waals surface area contributed by atoms with Crippen LogP contribution in [0.2, 0.25) is 0 Å². The number of anilines is 1. The van der Waals surface area contributed by atoms with E-state index >= 15 is 0 Å². The summed E-state index contributed by atoms with van der Waals surface area (Å²) in [7, 11) is 4.13. The largest absolute Gasteiger partial charge is 0.377 e. The molecule has 0 saturated carbocycles. The Morgan fingerprint density at radius 3 is 2.23 bits per heavy atom. The number of para-hydroxylation sites is 1. The van der Waals surface area contributed by atoms with Crippen LogP contribution in [0.15, 0.2) is 71.0 Å². The first-order valence-corrected chi connectivity index (χ1v) is 10.1. The maximum absolute atomic E-state index is 11.6. The molecule has 1 aliphatic heterocycles. The third kappa shape index (κ3) is 5.16. The summed E-state index contributed by atoms with van der Waals surface area (Å²) in [6.07, 6.45) is 2.10. The van der Waals surface area contributed by atoms with Gasteiger partial charge >= 0.3 is 0 Å². The van der Waals surface area contributed by atoms with Crippen LogP contribution in [0.3, 0.4) is 0 Å². The number of thioether (sulfide) groups is 2. The lowest BCUT2D eigenvalue weighted by Crippen LogP contribution is -2.27. The van der Waals surface area contributed by atoms with E-state index in [0.717, 1.165) is 17.3 Å². The van der Waals surface area contributed by atoms with Crippen LogP contribution >= 0.6 is 23.5 Å². The number of benzene rings is 2. The van der Waals surface area contributed by atoms with Gasteiger partial charge in [0.25, 0.3) is 5.91 Å². The number of rotatable bonds is 4. The predicted octanol–water partition coefficient (Wildman–Crippen LogP) is 4.68. The molecule has 1 heterocycles. The molecule has 2 aromatic carbocycles. The second-order valence-corrected chi connectivity index (χ2v) is 7.71. The smallest absolute Gasteiger partial charge is 0.266 e. The second-order valence-electron chi connectivity index (χ2n) is 5.77. The standard InChI is InChI=1S/C11H10N2OS.C9H13NS/c1-8-10(14)13(11(12)15-8)7-9-5-3-2-4-6-9;1-10(2)8-6-4-5-7-9(8)11-3/h2-6,12H,1,7H2;4-7H,1-3H3. The Hall–Kier alpha value is -2.18. The van der Waals surface area contributed by atoms with Crippen molar-refractivity contribution in [2.75, 3.05) is 25.3 Å². The topological polar surface area (TPSA) is 47.4 Å². The average Bonchev–Trinajstić information content (AvgIpc) is 2.89. The van der Waals surface area contributed by atoms with E-state index in [1.807, 2.05) is 30.3 Å². The van der Waals surface area contributed by atoms with Crippen molar-refractivity contribution in [1.82, 2.24) is 4.90 Å². The van der Waals surface area contributed by atoms with E-state index in [-0.39, 0.29) is 11.1 Å². The molecule has 1 fully saturated rings. The summed E-state index contributed by atoms with van der Waals surface area (Å²) in [5, 5.41) is 7.88. The van der Waals surface area contributed by atoms with Crippen molar-refractivity contribution in [3.63, 3.8) is 0 Å². The Morgan fingerprint density at radius 1 is 1.12 bits per heavy atom. The highest BCUT2D eigenvalue weighted by Gasteiger charge is 2.30. The maximum Gasteiger partial charge on any atom is 0.266 e. The van der Waals surface area contributed by atoms with Gasteiger partial charge in [0, 0.05) is 24.7 Å². The summed E-state index contributed by atoms with van der Waals surface area (Å²) >= 11 is 2.90. The molecule has 0 bridgehead atoms. The van der Waals surface area contributed by atoms with Crippen LogP contribution in [-0.4, -0.2) is 36.3 Å². The van der Waals surface area contributed by atoms with E-state index in [0.29, 0.717) is 11.4 Å². The van der Waals surface area contributed by atoms with Crippen molar-refractivity contribution in [2.45, 2.75) is 11.4 Å². The fourth-order valence-electron chi connectivity index (χ4n) is 2.37. The highest BCUT2D eigenvalue weighted by Crippen LogP contribution is 2.29. The van der Waals surface area contributed by atoms with E-state index in [1.54, 1.807) is 11.8 Å². The van der Waals surface area contributed by atoms with Crippen LogP contribution < -0.4 is 4.90 Å². The van der Waals surface area contributed by atoms with Crippen LogP contribution in [0.4, 0.5) is 5.69 Å². The van der Waals surface area contributed by atoms with Gasteiger partial charge in [-0.2, -0.15) is 0 Å². The minimum atomic E-state index is -0.158. The molecule has 26 heavy (non-hydrogen) atoms. The van der Waals surface area contributed by atoms with Crippen LogP contribution in [0.25, 0.3) is 0 Å². The lowest BCUT2D eigenvalue weighted by Gasteiger charge is -2.15. The summed E-state index contributed by atoms with van der Waals surface area (Å²) in [5.41, 5.74) is 2.31. The van der Waals surface area contributed by atoms with Gasteiger partial charge in [-0.1, -0.05) is 49.0 Å². The lowest BCUT2D eigenvalue weighted by molar-refractivity contribution is -0.122. The van der Waals surface area contributed by atoms with E-state index in [9.17, 15) is 4.79 Å². The minimum Gasteiger partial charge on any atom is -0.377 e. The van der Waals surface area contributed by atoms with Crippen LogP contribution in [0, 0.1) is 5.41 Å². The Balaban J connectivity index is 0.000000197. The van der Waals surface area contributed by atoms with Gasteiger partial charge in [-0.25, -0.2) is 0 Å². The van der Waals surface area contributed by atoms with Gasteiger partial charge in [-0.3, -0.25) is 15.1 Å². The molecule has 0 radical (unpaired) electrons. The fraction of sp³-hybridized carbons (Fsp3) is 0.200. The first kappa shape index (κ1) is 20.1. The van der Waals surface area contributed by atoms with Crippen LogP contribution in [0.5, 0.6) is 0 Å². The molecule has 0 atom stereocenters. The molecule has 0 spiro atoms. The van der Waals surface area contributed by atoms with E-state index in [2.05, 4.69) is 56.1 Å². The highest BCUT2D eigenvalue weighted by molar-refractivity contribution is 8.18. The SMILES string of the molecule is C=C1SC(=N)N(Cc2ccccc2)C1=O.CSc1ccccc1N(C)C. The van der Waals surface area contributed by atoms with Gasteiger partial charge in [-0.15, -0.1) is 11.8 Å². The van der Waals surface area contributed by atoms with Gasteiger partial charge < -0.3 is 4.90 Å². The third-order valence-electron chi connectivity index (χ3n) is 3.70. The summed E-state index contributed by atoms with van der Waals surface area (Å²) in [6, 6.07) is 18.0. The summed E-state index contributed by atoms with van der Waals surface area (Å²) in [5.74, 6) is -0.158. The Morgan fingerprint density at radius 2 is 1.73 bits per heavy atom. The van der Waals surface area contributed by atoms with Crippen molar-refractivity contribution in [3.05, 3.63) is 71.6 Å². The predicted molar refractivity (Wildman–Crippen MR) is 114 cm³/mol. The van der Waals surface area contributed by atoms with Crippen molar-refractivity contribution in [3.8, 4) is 0 Å². The fourth-order valence-corrected chi connectivity index (χ4v) is 3.73. The molecule has 1 N–H and O–H groups in total. The first-order chi connectivity index (χ1) is 12.4. The normalized spacial score (nSPS) is 13.5. The summed E-state index contributed by atoms with van der Waals surface area (Å²) in [6.45, 7) is 4.06. The zero-order valence-corrected chi connectivity index (χ0v) is 16.9. The van der Waals surface area contributed by atoms with Crippen molar-refractivity contribution in [2.24, 2.45) is 0 Å². The zero-order chi connectivity index (χ0) is 19.1. The molecule has 136 valence electrons. The molecule has 0 aliphatic carbocycles. The number of amides is 1. The molecule has 1 aliphatic rings. The van der Waals surface area contributed by atoms with Crippen molar-refractivity contribution < 1.29 is 4.79 Å². The summed E-state index contributed by atoms with van der Waals surface area (Å²) < 4.78 is 0. The third-order valence-corrected chi connectivity index (χ3v) is 5.32. The van der Waals surface area contributed by atoms with Gasteiger partial charge in [0.2, 0.25) is 0 Å². The maximum atomic E-state index is 11.6. The minimum absolute atomic E-state index is 0.158. The number of carbonyl (C=O) groups is 1. The average molecular weight is 386 g/mol. The van der Waals surface area contributed by atoms with Crippen LogP contribution in [0.1, 0.15) is 5.56 Å². The molecule has 1 amide bonds. The van der Waals surface area contributed by atoms with Gasteiger partial charge in [0.1, 0.15) is 0 Å². The molecule has 4 nitrogen and oxygen atoms in total. The molecule has 0 unspecified atom stereocenters. The molecule has 0 aromatic heterocycles. The lowest BCUT2D eigenvalue weighted by atomic mass is 10.2. The van der Waals surface area contributed by atoms with E-state index < -0.39 is 0 Å². The number of amidine groups is 1. The molecule has 6 heteroatoms. The van der Waals surface area contributed by atoms with Crippen molar-refractivity contribution >= 4 is 40.3 Å². The Bertz CT molecular complexity index is 791. The zero-order valence-electron chi connectivity index (χ0n) is 15.2. The number of carbonyl (C=O) groups excluding carboxylic acids is 1. The van der Waals surface area contributed by atoms with Crippen LogP contribution in [-0.2, 0) is 11.3 Å². The Kier molecular flexibility index (Phi) is 7.36. The van der Waals surface area contributed by atoms with Gasteiger partial charge in [0.15, 0.2) is 5.17 Å². The summed E-state index contributed by atoms with van der Waals surface area (Å²) in [4.78, 5) is 16.9. The quantitative estimate of drug-likeness (QED) is 0.613. The monoisotopic (exact) mass is 385 g/mol. The number of hydrogen-bond donors (Lipinski definition) is 1. The van der Waals surface area contributed by atoms with Gasteiger partial charge in [0.05, 0.1) is 11.4 Å². The number of hydrogen-bond acceptors (Lipinski definition) is 5. The van der Waals surface area contributed by atoms with Gasteiger partial charge in [-0.05, 0) is 35.7 Å². The molecule has 3 rings (SSSR count). The molecular weight excluding hydrogens is 362 g/mol. The highest BCUT2D eigenvalue weighted by atomic mass is 32.2. The van der Waals surface area contributed by atoms with Crippen molar-refractivity contribution in [1.29, 1.82) is 5.41 Å². The Labute approximate surface area is 163 Å². The van der Waals surface area contributed by atoms with E-state index in [4.69, 9.17) is 5.41 Å². The second kappa shape index (κ2) is 9.50. The van der Waals surface area contributed by atoms with E-state index in [1.165, 1.54) is 15.5 Å².